The zero-order valence-corrected chi connectivity index (χ0v) is 21.1. The fourth-order valence-electron chi connectivity index (χ4n) is 4.77. The number of nitrogens with one attached hydrogen (secondary N) is 1. The second kappa shape index (κ2) is 9.84. The van der Waals surface area contributed by atoms with Crippen LogP contribution < -0.4 is 19.5 Å². The van der Waals surface area contributed by atoms with E-state index in [9.17, 15) is 4.79 Å². The van der Waals surface area contributed by atoms with Crippen molar-refractivity contribution in [3.63, 3.8) is 0 Å². The Kier molecular flexibility index (Phi) is 6.21. The number of aromatic nitrogens is 1. The van der Waals surface area contributed by atoms with Gasteiger partial charge in [-0.2, -0.15) is 0 Å². The van der Waals surface area contributed by atoms with E-state index in [4.69, 9.17) is 25.8 Å². The highest BCUT2D eigenvalue weighted by molar-refractivity contribution is 6.33. The number of hydrogen-bond acceptors (Lipinski definition) is 5. The van der Waals surface area contributed by atoms with Gasteiger partial charge in [0.25, 0.3) is 5.91 Å². The molecule has 6 rings (SSSR count). The Hall–Kier alpha value is -4.36. The molecule has 0 bridgehead atoms. The summed E-state index contributed by atoms with van der Waals surface area (Å²) in [6.07, 6.45) is 2.22. The molecule has 1 aliphatic rings. The molecular formula is C30H22ClFN2O4. The van der Waals surface area contributed by atoms with Gasteiger partial charge in [-0.1, -0.05) is 54.1 Å². The number of ether oxygens (including phenoxy) is 3. The monoisotopic (exact) mass is 528 g/mol. The molecule has 5 aromatic rings. The van der Waals surface area contributed by atoms with Crippen LogP contribution in [-0.2, 0) is 13.0 Å². The molecule has 1 amide bonds. The Bertz CT molecular complexity index is 1710. The summed E-state index contributed by atoms with van der Waals surface area (Å²) in [7, 11) is 1.52. The molecule has 0 saturated carbocycles. The number of hydrogen-bond donors (Lipinski definition) is 1. The summed E-state index contributed by atoms with van der Waals surface area (Å²) in [5, 5.41) is 3.96. The molecule has 1 aliphatic heterocycles. The lowest BCUT2D eigenvalue weighted by atomic mass is 10.0. The highest BCUT2D eigenvalue weighted by atomic mass is 35.5. The summed E-state index contributed by atoms with van der Waals surface area (Å²) < 4.78 is 33.9. The molecular weight excluding hydrogens is 507 g/mol. The number of halogens is 2. The van der Waals surface area contributed by atoms with Crippen molar-refractivity contribution in [3.05, 3.63) is 100 Å². The fourth-order valence-corrected chi connectivity index (χ4v) is 5.00. The van der Waals surface area contributed by atoms with Crippen LogP contribution in [0.1, 0.15) is 21.5 Å². The van der Waals surface area contributed by atoms with Crippen LogP contribution >= 0.6 is 11.6 Å². The average Bonchev–Trinajstić information content (AvgIpc) is 3.44. The Balaban J connectivity index is 1.42. The Morgan fingerprint density at radius 1 is 1.08 bits per heavy atom. The maximum absolute atomic E-state index is 15.8. The van der Waals surface area contributed by atoms with Gasteiger partial charge >= 0.3 is 0 Å². The van der Waals surface area contributed by atoms with Crippen LogP contribution in [-0.4, -0.2) is 24.5 Å². The fraction of sp³-hybridized carbons (Fsp3) is 0.133. The molecule has 4 aromatic carbocycles. The molecule has 1 aromatic heterocycles. The summed E-state index contributed by atoms with van der Waals surface area (Å²) in [4.78, 5) is 16.8. The minimum Gasteiger partial charge on any atom is -0.489 e. The molecule has 8 heteroatoms. The van der Waals surface area contributed by atoms with Crippen LogP contribution in [0, 0.1) is 5.82 Å². The van der Waals surface area contributed by atoms with E-state index in [0.717, 1.165) is 11.1 Å². The molecule has 0 aliphatic carbocycles. The first kappa shape index (κ1) is 24.0. The van der Waals surface area contributed by atoms with E-state index in [1.807, 2.05) is 36.4 Å². The lowest BCUT2D eigenvalue weighted by Crippen LogP contribution is -2.18. The van der Waals surface area contributed by atoms with Crippen molar-refractivity contribution < 1.29 is 23.4 Å². The summed E-state index contributed by atoms with van der Waals surface area (Å²) in [5.41, 5.74) is 2.87. The minimum atomic E-state index is -0.654. The van der Waals surface area contributed by atoms with Crippen molar-refractivity contribution in [2.24, 2.45) is 0 Å². The second-order valence-corrected chi connectivity index (χ2v) is 9.25. The number of nitrogens with zero attached hydrogens (tertiary/aromatic N) is 1. The Morgan fingerprint density at radius 3 is 2.74 bits per heavy atom. The van der Waals surface area contributed by atoms with Crippen LogP contribution in [0.4, 0.5) is 4.39 Å². The van der Waals surface area contributed by atoms with Crippen molar-refractivity contribution in [3.8, 4) is 23.0 Å². The topological polar surface area (TPSA) is 69.7 Å². The minimum absolute atomic E-state index is 0.0482. The van der Waals surface area contributed by atoms with Gasteiger partial charge in [0.2, 0.25) is 0 Å². The van der Waals surface area contributed by atoms with Crippen LogP contribution in [0.5, 0.6) is 23.0 Å². The predicted octanol–water partition coefficient (Wildman–Crippen LogP) is 6.85. The van der Waals surface area contributed by atoms with Gasteiger partial charge in [-0.3, -0.25) is 9.78 Å². The van der Waals surface area contributed by atoms with Crippen LogP contribution in [0.25, 0.3) is 21.7 Å². The van der Waals surface area contributed by atoms with Gasteiger partial charge in [0.05, 0.1) is 22.5 Å². The predicted molar refractivity (Wildman–Crippen MR) is 144 cm³/mol. The average molecular weight is 529 g/mol. The number of carbonyl (C=O) groups excluding carboxylic acids is 1. The number of fused-ring (bicyclic) bond motifs is 4. The lowest BCUT2D eigenvalue weighted by Gasteiger charge is -2.16. The van der Waals surface area contributed by atoms with Gasteiger partial charge in [0.1, 0.15) is 12.4 Å². The summed E-state index contributed by atoms with van der Waals surface area (Å²) in [5.74, 6) is 0.508. The van der Waals surface area contributed by atoms with Gasteiger partial charge in [0, 0.05) is 42.2 Å². The second-order valence-electron chi connectivity index (χ2n) is 8.84. The third kappa shape index (κ3) is 4.15. The third-order valence-electron chi connectivity index (χ3n) is 6.56. The first-order valence-electron chi connectivity index (χ1n) is 12.1. The molecule has 6 nitrogen and oxygen atoms in total. The molecule has 0 atom stereocenters. The molecule has 38 heavy (non-hydrogen) atoms. The Morgan fingerprint density at radius 2 is 1.92 bits per heavy atom. The lowest BCUT2D eigenvalue weighted by molar-refractivity contribution is 0.0964. The van der Waals surface area contributed by atoms with Crippen LogP contribution in [0.3, 0.4) is 0 Å². The molecule has 0 saturated heterocycles. The largest absolute Gasteiger partial charge is 0.489 e. The molecule has 0 radical (unpaired) electrons. The van der Waals surface area contributed by atoms with Gasteiger partial charge in [0.15, 0.2) is 23.1 Å². The van der Waals surface area contributed by atoms with E-state index >= 15 is 4.39 Å². The number of pyridine rings is 1. The van der Waals surface area contributed by atoms with E-state index in [0.29, 0.717) is 58.7 Å². The first-order valence-corrected chi connectivity index (χ1v) is 12.5. The molecule has 0 fully saturated rings. The third-order valence-corrected chi connectivity index (χ3v) is 6.84. The zero-order valence-electron chi connectivity index (χ0n) is 20.4. The van der Waals surface area contributed by atoms with E-state index in [-0.39, 0.29) is 22.1 Å². The maximum atomic E-state index is 15.8. The standard InChI is InChI=1S/C30H22ClFN2O4/c1-33-30(35)19-9-5-8-18-21(19)14-22(31)29(27(18)32)38-24-10-12-34-23-15-25(28-20(26(23)24)11-13-36-28)37-16-17-6-3-2-4-7-17/h2-10,12,14-15H,11,13,16H2,1H3,(H,33,35). The van der Waals surface area contributed by atoms with E-state index in [2.05, 4.69) is 10.3 Å². The summed E-state index contributed by atoms with van der Waals surface area (Å²) in [6, 6.07) is 19.7. The molecule has 0 spiro atoms. The van der Waals surface area contributed by atoms with Crippen molar-refractivity contribution in [1.29, 1.82) is 0 Å². The van der Waals surface area contributed by atoms with Gasteiger partial charge < -0.3 is 19.5 Å². The van der Waals surface area contributed by atoms with Crippen molar-refractivity contribution >= 4 is 39.2 Å². The molecule has 2 heterocycles. The van der Waals surface area contributed by atoms with Crippen molar-refractivity contribution in [2.45, 2.75) is 13.0 Å². The quantitative estimate of drug-likeness (QED) is 0.261. The zero-order chi connectivity index (χ0) is 26.2. The van der Waals surface area contributed by atoms with Gasteiger partial charge in [-0.25, -0.2) is 4.39 Å². The van der Waals surface area contributed by atoms with Crippen LogP contribution in [0.2, 0.25) is 5.02 Å². The molecule has 1 N–H and O–H groups in total. The van der Waals surface area contributed by atoms with Gasteiger partial charge in [-0.15, -0.1) is 0 Å². The summed E-state index contributed by atoms with van der Waals surface area (Å²) in [6.45, 7) is 0.867. The van der Waals surface area contributed by atoms with Crippen molar-refractivity contribution in [2.75, 3.05) is 13.7 Å². The number of amides is 1. The molecule has 0 unspecified atom stereocenters. The summed E-state index contributed by atoms with van der Waals surface area (Å²) >= 11 is 6.51. The van der Waals surface area contributed by atoms with E-state index in [1.54, 1.807) is 36.5 Å². The highest BCUT2D eigenvalue weighted by Gasteiger charge is 2.26. The smallest absolute Gasteiger partial charge is 0.251 e. The van der Waals surface area contributed by atoms with Crippen LogP contribution in [0.15, 0.2) is 72.9 Å². The molecule has 190 valence electrons. The number of rotatable bonds is 6. The SMILES string of the molecule is CNC(=O)c1cccc2c(F)c(Oc3ccnc4cc(OCc5ccccc5)c5c(c34)CCO5)c(Cl)cc12. The van der Waals surface area contributed by atoms with Gasteiger partial charge in [-0.05, 0) is 29.1 Å². The Labute approximate surface area is 222 Å². The van der Waals surface area contributed by atoms with Crippen molar-refractivity contribution in [1.82, 2.24) is 10.3 Å². The maximum Gasteiger partial charge on any atom is 0.251 e. The normalized spacial score (nSPS) is 12.3. The van der Waals surface area contributed by atoms with E-state index in [1.165, 1.54) is 7.05 Å². The highest BCUT2D eigenvalue weighted by Crippen LogP contribution is 2.46. The van der Waals surface area contributed by atoms with E-state index < -0.39 is 5.82 Å². The number of benzene rings is 4. The first-order chi connectivity index (χ1) is 18.5. The number of carbonyl (C=O) groups is 1.